The Morgan fingerprint density at radius 1 is 1.41 bits per heavy atom. The molecule has 2 heterocycles. The second-order valence-corrected chi connectivity index (χ2v) is 8.39. The molecule has 0 spiro atoms. The Morgan fingerprint density at radius 3 is 3.09 bits per heavy atom. The molecule has 0 aliphatic heterocycles. The third-order valence-electron chi connectivity index (χ3n) is 4.34. The molecule has 2 aliphatic rings. The highest BCUT2D eigenvalue weighted by atomic mass is 32.2. The van der Waals surface area contributed by atoms with Gasteiger partial charge in [0.25, 0.3) is 0 Å². The first kappa shape index (κ1) is 14.5. The van der Waals surface area contributed by atoms with Crippen molar-refractivity contribution in [1.82, 2.24) is 15.3 Å². The molecule has 1 saturated carbocycles. The molecule has 1 fully saturated rings. The summed E-state index contributed by atoms with van der Waals surface area (Å²) in [6.07, 6.45) is 7.40. The fourth-order valence-electron chi connectivity index (χ4n) is 2.99. The van der Waals surface area contributed by atoms with Crippen LogP contribution in [0.25, 0.3) is 10.2 Å². The molecule has 0 aromatic carbocycles. The van der Waals surface area contributed by atoms with Crippen molar-refractivity contribution in [1.29, 1.82) is 0 Å². The lowest BCUT2D eigenvalue weighted by atomic mass is 9.89. The van der Waals surface area contributed by atoms with E-state index in [-0.39, 0.29) is 5.91 Å². The summed E-state index contributed by atoms with van der Waals surface area (Å²) in [5, 5.41) is 5.22. The number of nitrogens with zero attached hydrogens (tertiary/aromatic N) is 2. The minimum absolute atomic E-state index is 0.122. The van der Waals surface area contributed by atoms with E-state index >= 15 is 0 Å². The molecule has 0 radical (unpaired) electrons. The third kappa shape index (κ3) is 2.86. The Balaban J connectivity index is 1.58. The highest BCUT2D eigenvalue weighted by Crippen LogP contribution is 2.40. The normalized spacial score (nSPS) is 20.9. The van der Waals surface area contributed by atoms with Gasteiger partial charge in [0.05, 0.1) is 5.75 Å². The minimum Gasteiger partial charge on any atom is -0.353 e. The van der Waals surface area contributed by atoms with Crippen molar-refractivity contribution in [3.63, 3.8) is 0 Å². The van der Waals surface area contributed by atoms with Crippen molar-refractivity contribution in [2.75, 3.05) is 5.75 Å². The number of hydrogen-bond acceptors (Lipinski definition) is 5. The molecule has 0 unspecified atom stereocenters. The fraction of sp³-hybridized carbons (Fsp3) is 0.562. The lowest BCUT2D eigenvalue weighted by Gasteiger charge is -2.18. The summed E-state index contributed by atoms with van der Waals surface area (Å²) < 4.78 is 0. The van der Waals surface area contributed by atoms with E-state index in [1.54, 1.807) is 18.1 Å². The number of fused-ring (bicyclic) bond motifs is 3. The molecule has 4 rings (SSSR count). The molecule has 22 heavy (non-hydrogen) atoms. The fourth-order valence-corrected chi connectivity index (χ4v) is 5.24. The van der Waals surface area contributed by atoms with Crippen molar-refractivity contribution in [2.45, 2.75) is 50.1 Å². The van der Waals surface area contributed by atoms with Crippen molar-refractivity contribution in [3.05, 3.63) is 16.8 Å². The highest BCUT2D eigenvalue weighted by Gasteiger charge is 2.25. The van der Waals surface area contributed by atoms with Gasteiger partial charge in [-0.25, -0.2) is 9.97 Å². The van der Waals surface area contributed by atoms with Crippen LogP contribution in [0.3, 0.4) is 0 Å². The van der Waals surface area contributed by atoms with Gasteiger partial charge in [0, 0.05) is 16.3 Å². The maximum absolute atomic E-state index is 11.9. The minimum atomic E-state index is 0.122. The maximum atomic E-state index is 11.9. The van der Waals surface area contributed by atoms with Gasteiger partial charge >= 0.3 is 0 Å². The Hall–Kier alpha value is -1.14. The SMILES string of the molecule is C[C@@H]1CCc2c(sc3ncnc(SCC(=O)NC4CC4)c23)C1. The van der Waals surface area contributed by atoms with E-state index in [1.165, 1.54) is 22.2 Å². The quantitative estimate of drug-likeness (QED) is 0.690. The smallest absolute Gasteiger partial charge is 0.230 e. The number of aryl methyl sites for hydroxylation is 1. The standard InChI is InChI=1S/C16H19N3OS2/c1-9-2-5-11-12(6-9)22-16-14(11)15(17-8-18-16)21-7-13(20)19-10-3-4-10/h8-10H,2-7H2,1H3,(H,19,20)/t9-/m1/s1. The van der Waals surface area contributed by atoms with Gasteiger partial charge in [0.15, 0.2) is 0 Å². The second-order valence-electron chi connectivity index (χ2n) is 6.34. The van der Waals surface area contributed by atoms with Gasteiger partial charge in [0.1, 0.15) is 16.2 Å². The van der Waals surface area contributed by atoms with Crippen LogP contribution in [-0.4, -0.2) is 27.7 Å². The summed E-state index contributed by atoms with van der Waals surface area (Å²) in [4.78, 5) is 23.4. The number of carbonyl (C=O) groups is 1. The molecule has 6 heteroatoms. The topological polar surface area (TPSA) is 54.9 Å². The second kappa shape index (κ2) is 5.81. The van der Waals surface area contributed by atoms with Crippen LogP contribution in [0.15, 0.2) is 11.4 Å². The van der Waals surface area contributed by atoms with Gasteiger partial charge in [-0.3, -0.25) is 4.79 Å². The van der Waals surface area contributed by atoms with Crippen molar-refractivity contribution in [3.8, 4) is 0 Å². The van der Waals surface area contributed by atoms with E-state index < -0.39 is 0 Å². The van der Waals surface area contributed by atoms with E-state index in [1.807, 2.05) is 11.3 Å². The highest BCUT2D eigenvalue weighted by molar-refractivity contribution is 8.00. The monoisotopic (exact) mass is 333 g/mol. The number of hydrogen-bond donors (Lipinski definition) is 1. The molecule has 1 amide bonds. The molecule has 1 N–H and O–H groups in total. The first-order chi connectivity index (χ1) is 10.7. The van der Waals surface area contributed by atoms with Crippen LogP contribution in [0.2, 0.25) is 0 Å². The third-order valence-corrected chi connectivity index (χ3v) is 6.49. The van der Waals surface area contributed by atoms with Crippen LogP contribution in [0, 0.1) is 5.92 Å². The molecule has 1 atom stereocenters. The Morgan fingerprint density at radius 2 is 2.27 bits per heavy atom. The van der Waals surface area contributed by atoms with Gasteiger partial charge in [-0.1, -0.05) is 18.7 Å². The van der Waals surface area contributed by atoms with E-state index in [9.17, 15) is 4.79 Å². The van der Waals surface area contributed by atoms with Crippen LogP contribution in [0.5, 0.6) is 0 Å². The molecular weight excluding hydrogens is 314 g/mol. The number of rotatable bonds is 4. The maximum Gasteiger partial charge on any atom is 0.230 e. The lowest BCUT2D eigenvalue weighted by molar-refractivity contribution is -0.118. The van der Waals surface area contributed by atoms with Crippen molar-refractivity contribution >= 4 is 39.2 Å². The van der Waals surface area contributed by atoms with Crippen LogP contribution in [-0.2, 0) is 17.6 Å². The van der Waals surface area contributed by atoms with E-state index in [0.29, 0.717) is 11.8 Å². The number of amides is 1. The summed E-state index contributed by atoms with van der Waals surface area (Å²) in [7, 11) is 0. The van der Waals surface area contributed by atoms with Gasteiger partial charge < -0.3 is 5.32 Å². The van der Waals surface area contributed by atoms with Crippen LogP contribution in [0.4, 0.5) is 0 Å². The molecule has 2 aliphatic carbocycles. The predicted molar refractivity (Wildman–Crippen MR) is 90.5 cm³/mol. The van der Waals surface area contributed by atoms with E-state index in [0.717, 1.165) is 41.5 Å². The largest absolute Gasteiger partial charge is 0.353 e. The van der Waals surface area contributed by atoms with Crippen molar-refractivity contribution in [2.24, 2.45) is 5.92 Å². The average Bonchev–Trinajstić information content (AvgIpc) is 3.23. The number of nitrogens with one attached hydrogen (secondary N) is 1. The molecule has 2 aromatic heterocycles. The first-order valence-corrected chi connectivity index (χ1v) is 9.68. The number of thioether (sulfide) groups is 1. The predicted octanol–water partition coefficient (Wildman–Crippen LogP) is 3.19. The molecule has 2 aromatic rings. The number of carbonyl (C=O) groups excluding carboxylic acids is 1. The van der Waals surface area contributed by atoms with Crippen LogP contribution >= 0.6 is 23.1 Å². The molecule has 116 valence electrons. The molecule has 4 nitrogen and oxygen atoms in total. The Labute approximate surface area is 138 Å². The average molecular weight is 333 g/mol. The lowest BCUT2D eigenvalue weighted by Crippen LogP contribution is -2.27. The molecular formula is C16H19N3OS2. The van der Waals surface area contributed by atoms with E-state index in [2.05, 4.69) is 22.2 Å². The Kier molecular flexibility index (Phi) is 3.82. The molecule has 0 bridgehead atoms. The van der Waals surface area contributed by atoms with E-state index in [4.69, 9.17) is 0 Å². The summed E-state index contributed by atoms with van der Waals surface area (Å²) in [6.45, 7) is 2.32. The number of aromatic nitrogens is 2. The summed E-state index contributed by atoms with van der Waals surface area (Å²) in [5.74, 6) is 1.33. The zero-order valence-electron chi connectivity index (χ0n) is 12.6. The zero-order valence-corrected chi connectivity index (χ0v) is 14.2. The summed E-state index contributed by atoms with van der Waals surface area (Å²) >= 11 is 3.36. The van der Waals surface area contributed by atoms with Gasteiger partial charge in [-0.05, 0) is 43.6 Å². The van der Waals surface area contributed by atoms with Gasteiger partial charge in [-0.2, -0.15) is 0 Å². The molecule has 0 saturated heterocycles. The van der Waals surface area contributed by atoms with Crippen LogP contribution < -0.4 is 5.32 Å². The van der Waals surface area contributed by atoms with Gasteiger partial charge in [-0.15, -0.1) is 11.3 Å². The number of thiophene rings is 1. The zero-order chi connectivity index (χ0) is 15.1. The Bertz CT molecular complexity index is 723. The van der Waals surface area contributed by atoms with Gasteiger partial charge in [0.2, 0.25) is 5.91 Å². The summed E-state index contributed by atoms with van der Waals surface area (Å²) in [5.41, 5.74) is 1.43. The first-order valence-electron chi connectivity index (χ1n) is 7.88. The van der Waals surface area contributed by atoms with Crippen molar-refractivity contribution < 1.29 is 4.79 Å². The van der Waals surface area contributed by atoms with Crippen LogP contribution in [0.1, 0.15) is 36.6 Å². The summed E-state index contributed by atoms with van der Waals surface area (Å²) in [6, 6.07) is 0.425.